The van der Waals surface area contributed by atoms with Gasteiger partial charge in [0.1, 0.15) is 11.3 Å². The van der Waals surface area contributed by atoms with Crippen LogP contribution in [0.2, 0.25) is 0 Å². The molecule has 3 heterocycles. The molecular weight excluding hydrogens is 378 g/mol. The van der Waals surface area contributed by atoms with Crippen LogP contribution in [0.4, 0.5) is 0 Å². The number of H-pyrrole nitrogens is 1. The van der Waals surface area contributed by atoms with Crippen molar-refractivity contribution < 1.29 is 14.0 Å². The second-order valence-electron chi connectivity index (χ2n) is 7.28. The number of nitrogens with zero attached hydrogens (tertiary/aromatic N) is 1. The first-order valence-electron chi connectivity index (χ1n) is 9.19. The minimum atomic E-state index is -0.256. The smallest absolute Gasteiger partial charge is 0.305 e. The Hall–Kier alpha value is -2.87. The lowest BCUT2D eigenvalue weighted by Gasteiger charge is -2.21. The molecule has 28 heavy (non-hydrogen) atoms. The Morgan fingerprint density at radius 2 is 2.18 bits per heavy atom. The molecule has 2 aromatic heterocycles. The van der Waals surface area contributed by atoms with Crippen molar-refractivity contribution >= 4 is 34.1 Å². The van der Waals surface area contributed by atoms with Gasteiger partial charge in [-0.25, -0.2) is 0 Å². The second-order valence-corrected chi connectivity index (χ2v) is 8.12. The molecule has 2 unspecified atom stereocenters. The predicted octanol–water partition coefficient (Wildman–Crippen LogP) is 2.77. The van der Waals surface area contributed by atoms with Gasteiger partial charge in [-0.3, -0.25) is 14.4 Å². The van der Waals surface area contributed by atoms with E-state index in [2.05, 4.69) is 10.3 Å². The Balaban J connectivity index is 1.39. The minimum Gasteiger partial charge on any atom is -0.451 e. The van der Waals surface area contributed by atoms with E-state index in [-0.39, 0.29) is 34.4 Å². The molecule has 1 aromatic carbocycles. The highest BCUT2D eigenvalue weighted by molar-refractivity contribution is 7.07. The molecular formula is C20H21N3O4S. The maximum Gasteiger partial charge on any atom is 0.305 e. The van der Waals surface area contributed by atoms with Gasteiger partial charge in [-0.05, 0) is 44.4 Å². The third-order valence-corrected chi connectivity index (χ3v) is 5.89. The van der Waals surface area contributed by atoms with E-state index >= 15 is 0 Å². The van der Waals surface area contributed by atoms with Crippen LogP contribution in [0.25, 0.3) is 11.0 Å². The number of amides is 2. The van der Waals surface area contributed by atoms with E-state index in [1.165, 1.54) is 0 Å². The molecule has 2 atom stereocenters. The number of carbonyl (C=O) groups excluding carboxylic acids is 2. The topological polar surface area (TPSA) is 95.4 Å². The molecule has 0 radical (unpaired) electrons. The fourth-order valence-electron chi connectivity index (χ4n) is 3.61. The number of furan rings is 1. The molecule has 2 amide bonds. The molecule has 4 rings (SSSR count). The fraction of sp³-hybridized carbons (Fsp3) is 0.350. The third kappa shape index (κ3) is 3.60. The highest BCUT2D eigenvalue weighted by Crippen LogP contribution is 2.23. The summed E-state index contributed by atoms with van der Waals surface area (Å²) >= 11 is 0.981. The summed E-state index contributed by atoms with van der Waals surface area (Å²) in [5.41, 5.74) is 2.12. The molecule has 146 valence electrons. The molecule has 2 N–H and O–H groups in total. The van der Waals surface area contributed by atoms with Crippen LogP contribution < -0.4 is 10.2 Å². The van der Waals surface area contributed by atoms with Crippen LogP contribution in [0.1, 0.15) is 40.0 Å². The zero-order valence-electron chi connectivity index (χ0n) is 15.7. The van der Waals surface area contributed by atoms with E-state index in [4.69, 9.17) is 4.42 Å². The van der Waals surface area contributed by atoms with E-state index in [1.807, 2.05) is 32.0 Å². The van der Waals surface area contributed by atoms with Crippen LogP contribution in [-0.4, -0.2) is 40.8 Å². The van der Waals surface area contributed by atoms with Crippen LogP contribution in [0.3, 0.4) is 0 Å². The predicted molar refractivity (Wildman–Crippen MR) is 107 cm³/mol. The first-order chi connectivity index (χ1) is 13.4. The number of hydrogen-bond donors (Lipinski definition) is 2. The highest BCUT2D eigenvalue weighted by Gasteiger charge is 2.32. The van der Waals surface area contributed by atoms with Crippen molar-refractivity contribution in [1.82, 2.24) is 15.2 Å². The minimum absolute atomic E-state index is 0.109. The lowest BCUT2D eigenvalue weighted by molar-refractivity contribution is 0.0779. The molecule has 1 fully saturated rings. The van der Waals surface area contributed by atoms with Crippen LogP contribution in [0.5, 0.6) is 0 Å². The van der Waals surface area contributed by atoms with Gasteiger partial charge >= 0.3 is 4.87 Å². The van der Waals surface area contributed by atoms with Gasteiger partial charge in [0.2, 0.25) is 0 Å². The SMILES string of the molecule is Cc1ccc2oc(C(=O)NC(C)C3CCN(C(=O)c4csc(=O)[nH]4)C3)cc2c1. The number of rotatable bonds is 4. The number of thiazole rings is 1. The van der Waals surface area contributed by atoms with E-state index in [0.717, 1.165) is 28.7 Å². The standard InChI is InChI=1S/C20H21N3O4S/c1-11-3-4-16-14(7-11)8-17(27-16)18(24)21-12(2)13-5-6-23(9-13)19(25)15-10-28-20(26)22-15/h3-4,7-8,10,12-13H,5-6,9H2,1-2H3,(H,21,24)(H,22,26). The van der Waals surface area contributed by atoms with Crippen molar-refractivity contribution in [2.75, 3.05) is 13.1 Å². The summed E-state index contributed by atoms with van der Waals surface area (Å²) in [7, 11) is 0. The fourth-order valence-corrected chi connectivity index (χ4v) is 4.16. The van der Waals surface area contributed by atoms with Crippen molar-refractivity contribution in [3.8, 4) is 0 Å². The molecule has 0 spiro atoms. The number of nitrogens with one attached hydrogen (secondary N) is 2. The zero-order valence-corrected chi connectivity index (χ0v) is 16.5. The van der Waals surface area contributed by atoms with Gasteiger partial charge in [0.25, 0.3) is 11.8 Å². The maximum atomic E-state index is 12.6. The van der Waals surface area contributed by atoms with Gasteiger partial charge in [0.15, 0.2) is 5.76 Å². The van der Waals surface area contributed by atoms with Crippen molar-refractivity contribution in [1.29, 1.82) is 0 Å². The number of likely N-dealkylation sites (tertiary alicyclic amines) is 1. The number of benzene rings is 1. The van der Waals surface area contributed by atoms with Crippen molar-refractivity contribution in [3.63, 3.8) is 0 Å². The van der Waals surface area contributed by atoms with Gasteiger partial charge in [-0.2, -0.15) is 0 Å². The van der Waals surface area contributed by atoms with E-state index in [1.54, 1.807) is 16.3 Å². The first kappa shape index (κ1) is 18.5. The lowest BCUT2D eigenvalue weighted by Crippen LogP contribution is -2.39. The molecule has 0 aliphatic carbocycles. The summed E-state index contributed by atoms with van der Waals surface area (Å²) in [6.45, 7) is 5.08. The Labute approximate surface area is 165 Å². The Bertz CT molecular complexity index is 1100. The molecule has 0 saturated carbocycles. The van der Waals surface area contributed by atoms with E-state index in [9.17, 15) is 14.4 Å². The van der Waals surface area contributed by atoms with Crippen molar-refractivity contribution in [3.05, 3.63) is 56.3 Å². The van der Waals surface area contributed by atoms with Crippen LogP contribution >= 0.6 is 11.3 Å². The Morgan fingerprint density at radius 1 is 1.36 bits per heavy atom. The number of hydrogen-bond acceptors (Lipinski definition) is 5. The quantitative estimate of drug-likeness (QED) is 0.705. The lowest BCUT2D eigenvalue weighted by atomic mass is 10.0. The first-order valence-corrected chi connectivity index (χ1v) is 10.1. The average molecular weight is 399 g/mol. The molecule has 1 aliphatic rings. The highest BCUT2D eigenvalue weighted by atomic mass is 32.1. The number of aromatic nitrogens is 1. The summed E-state index contributed by atoms with van der Waals surface area (Å²) in [5, 5.41) is 5.44. The number of fused-ring (bicyclic) bond motifs is 1. The molecule has 3 aromatic rings. The monoisotopic (exact) mass is 399 g/mol. The molecule has 1 aliphatic heterocycles. The van der Waals surface area contributed by atoms with Gasteiger partial charge in [0, 0.05) is 29.9 Å². The van der Waals surface area contributed by atoms with Crippen LogP contribution in [-0.2, 0) is 0 Å². The number of aryl methyl sites for hydroxylation is 1. The molecule has 1 saturated heterocycles. The average Bonchev–Trinajstić information content (AvgIpc) is 3.39. The van der Waals surface area contributed by atoms with E-state index in [0.29, 0.717) is 24.4 Å². The molecule has 7 nitrogen and oxygen atoms in total. The van der Waals surface area contributed by atoms with Gasteiger partial charge in [-0.1, -0.05) is 23.0 Å². The molecule has 8 heteroatoms. The van der Waals surface area contributed by atoms with Crippen LogP contribution in [0, 0.1) is 12.8 Å². The van der Waals surface area contributed by atoms with Gasteiger partial charge < -0.3 is 19.6 Å². The maximum absolute atomic E-state index is 12.6. The third-order valence-electron chi connectivity index (χ3n) is 5.22. The van der Waals surface area contributed by atoms with E-state index < -0.39 is 0 Å². The summed E-state index contributed by atoms with van der Waals surface area (Å²) in [5.74, 6) is -0.000525. The normalized spacial score (nSPS) is 17.8. The summed E-state index contributed by atoms with van der Waals surface area (Å²) < 4.78 is 5.66. The summed E-state index contributed by atoms with van der Waals surface area (Å²) in [6.07, 6.45) is 0.793. The zero-order chi connectivity index (χ0) is 19.8. The Morgan fingerprint density at radius 3 is 2.93 bits per heavy atom. The van der Waals surface area contributed by atoms with Crippen LogP contribution in [0.15, 0.2) is 38.9 Å². The number of aromatic amines is 1. The van der Waals surface area contributed by atoms with Crippen molar-refractivity contribution in [2.45, 2.75) is 26.3 Å². The molecule has 0 bridgehead atoms. The van der Waals surface area contributed by atoms with Gasteiger partial charge in [-0.15, -0.1) is 0 Å². The largest absolute Gasteiger partial charge is 0.451 e. The van der Waals surface area contributed by atoms with Gasteiger partial charge in [0.05, 0.1) is 0 Å². The summed E-state index contributed by atoms with van der Waals surface area (Å²) in [6, 6.07) is 7.43. The van der Waals surface area contributed by atoms with Crippen molar-refractivity contribution in [2.24, 2.45) is 5.92 Å². The number of carbonyl (C=O) groups is 2. The second kappa shape index (κ2) is 7.27. The summed E-state index contributed by atoms with van der Waals surface area (Å²) in [4.78, 5) is 40.3. The Kier molecular flexibility index (Phi) is 4.80.